The molecule has 0 aliphatic rings. The Morgan fingerprint density at radius 1 is 1.85 bits per heavy atom. The maximum absolute atomic E-state index is 10.5. The first-order valence-electron chi connectivity index (χ1n) is 3.30. The van der Waals surface area contributed by atoms with Gasteiger partial charge >= 0.3 is 5.97 Å². The van der Waals surface area contributed by atoms with E-state index in [1.807, 2.05) is 0 Å². The van der Waals surface area contributed by atoms with Crippen molar-refractivity contribution in [1.82, 2.24) is 14.8 Å². The molecule has 1 heterocycles. The number of rotatable bonds is 4. The molecule has 0 saturated heterocycles. The van der Waals surface area contributed by atoms with Crippen molar-refractivity contribution in [3.63, 3.8) is 0 Å². The summed E-state index contributed by atoms with van der Waals surface area (Å²) in [6.07, 6.45) is 3.34. The smallest absolute Gasteiger partial charge is 0.322 e. The van der Waals surface area contributed by atoms with Crippen molar-refractivity contribution in [2.24, 2.45) is 0 Å². The van der Waals surface area contributed by atoms with Gasteiger partial charge in [-0.25, -0.2) is 9.82 Å². The Labute approximate surface area is 102 Å². The van der Waals surface area contributed by atoms with Gasteiger partial charge in [-0.3, -0.25) is 4.79 Å². The van der Waals surface area contributed by atoms with Crippen LogP contribution in [0.25, 0.3) is 0 Å². The van der Waals surface area contributed by atoms with Gasteiger partial charge in [-0.05, 0) is 11.8 Å². The number of nitrogens with one attached hydrogen (secondary N) is 2. The molecule has 0 fully saturated rings. The minimum atomic E-state index is -0.986. The molecule has 0 spiro atoms. The minimum Gasteiger partial charge on any atom is -0.480 e. The second-order valence-corrected chi connectivity index (χ2v) is 2.50. The van der Waals surface area contributed by atoms with Gasteiger partial charge < -0.3 is 10.1 Å². The number of aliphatic carboxylic acids is 1. The standard InChI is InChI=1S/C6H8ClN3O2.Na/c7-10-5(6(11)12)1-4-2-8-3-9-4;/h2-3,5,10H,1H2,(H,8,9)(H,11,12);/t5-;/m0./s1. The second-order valence-electron chi connectivity index (χ2n) is 2.28. The third-order valence-corrected chi connectivity index (χ3v) is 1.67. The van der Waals surface area contributed by atoms with Gasteiger partial charge in [-0.15, -0.1) is 0 Å². The summed E-state index contributed by atoms with van der Waals surface area (Å²) in [5.41, 5.74) is 0.732. The van der Waals surface area contributed by atoms with Crippen molar-refractivity contribution in [2.75, 3.05) is 0 Å². The molecule has 1 rings (SSSR count). The van der Waals surface area contributed by atoms with Gasteiger partial charge in [0.25, 0.3) is 0 Å². The van der Waals surface area contributed by atoms with Crippen LogP contribution in [0.15, 0.2) is 12.5 Å². The van der Waals surface area contributed by atoms with Gasteiger partial charge in [0.05, 0.1) is 6.33 Å². The van der Waals surface area contributed by atoms with Crippen molar-refractivity contribution in [1.29, 1.82) is 0 Å². The van der Waals surface area contributed by atoms with E-state index in [0.717, 1.165) is 5.69 Å². The van der Waals surface area contributed by atoms with E-state index in [2.05, 4.69) is 14.8 Å². The van der Waals surface area contributed by atoms with Crippen LogP contribution in [0.4, 0.5) is 0 Å². The summed E-state index contributed by atoms with van der Waals surface area (Å²) >= 11 is 5.21. The van der Waals surface area contributed by atoms with Crippen LogP contribution in [0.2, 0.25) is 0 Å². The molecule has 7 heteroatoms. The molecule has 0 aliphatic carbocycles. The van der Waals surface area contributed by atoms with Gasteiger partial charge in [0, 0.05) is 47.9 Å². The van der Waals surface area contributed by atoms with Crippen LogP contribution in [0.3, 0.4) is 0 Å². The maximum Gasteiger partial charge on any atom is 0.322 e. The van der Waals surface area contributed by atoms with Crippen molar-refractivity contribution in [3.05, 3.63) is 18.2 Å². The average Bonchev–Trinajstić information content (AvgIpc) is 2.51. The van der Waals surface area contributed by atoms with Crippen LogP contribution in [-0.2, 0) is 11.2 Å². The Morgan fingerprint density at radius 3 is 2.92 bits per heavy atom. The molecule has 0 amide bonds. The van der Waals surface area contributed by atoms with Gasteiger partial charge in [0.15, 0.2) is 0 Å². The summed E-state index contributed by atoms with van der Waals surface area (Å²) < 4.78 is 0. The number of halogens is 1. The number of imidazole rings is 1. The largest absolute Gasteiger partial charge is 0.480 e. The van der Waals surface area contributed by atoms with E-state index in [1.54, 1.807) is 6.20 Å². The van der Waals surface area contributed by atoms with E-state index < -0.39 is 12.0 Å². The predicted octanol–water partition coefficient (Wildman–Crippen LogP) is -0.232. The number of H-pyrrole nitrogens is 1. The Bertz CT molecular complexity index is 254. The first-order chi connectivity index (χ1) is 5.74. The van der Waals surface area contributed by atoms with E-state index in [1.165, 1.54) is 6.33 Å². The SMILES string of the molecule is O=C(O)[C@H](Cc1cnc[nH]1)NCl.[Na]. The van der Waals surface area contributed by atoms with Gasteiger partial charge in [-0.1, -0.05) is 0 Å². The number of carboxylic acids is 1. The summed E-state index contributed by atoms with van der Waals surface area (Å²) in [6, 6.07) is -0.785. The van der Waals surface area contributed by atoms with Crippen molar-refractivity contribution < 1.29 is 9.90 Å². The summed E-state index contributed by atoms with van der Waals surface area (Å²) in [4.78, 5) is 19.2. The zero-order chi connectivity index (χ0) is 8.97. The van der Waals surface area contributed by atoms with E-state index in [-0.39, 0.29) is 29.6 Å². The fraction of sp³-hybridized carbons (Fsp3) is 0.333. The molecule has 0 unspecified atom stereocenters. The minimum absolute atomic E-state index is 0. The van der Waals surface area contributed by atoms with Crippen LogP contribution in [0.5, 0.6) is 0 Å². The van der Waals surface area contributed by atoms with Crippen LogP contribution >= 0.6 is 11.8 Å². The molecular formula is C6H8ClN3NaO2. The molecular weight excluding hydrogens is 205 g/mol. The molecule has 0 aliphatic heterocycles. The molecule has 1 radical (unpaired) electrons. The first-order valence-corrected chi connectivity index (χ1v) is 3.68. The molecule has 0 aromatic carbocycles. The van der Waals surface area contributed by atoms with E-state index >= 15 is 0 Å². The van der Waals surface area contributed by atoms with Gasteiger partial charge in [-0.2, -0.15) is 0 Å². The topological polar surface area (TPSA) is 78.0 Å². The first kappa shape index (κ1) is 12.9. The summed E-state index contributed by atoms with van der Waals surface area (Å²) in [5, 5.41) is 8.59. The molecule has 1 atom stereocenters. The van der Waals surface area contributed by atoms with E-state index in [4.69, 9.17) is 16.9 Å². The van der Waals surface area contributed by atoms with Crippen molar-refractivity contribution in [2.45, 2.75) is 12.5 Å². The van der Waals surface area contributed by atoms with Gasteiger partial charge in [0.2, 0.25) is 0 Å². The second kappa shape index (κ2) is 6.39. The molecule has 0 saturated carbocycles. The number of aromatic amines is 1. The van der Waals surface area contributed by atoms with E-state index in [0.29, 0.717) is 6.42 Å². The maximum atomic E-state index is 10.5. The fourth-order valence-corrected chi connectivity index (χ4v) is 0.959. The molecule has 3 N–H and O–H groups in total. The molecule has 13 heavy (non-hydrogen) atoms. The number of aromatic nitrogens is 2. The zero-order valence-corrected chi connectivity index (χ0v) is 9.88. The molecule has 0 bridgehead atoms. The van der Waals surface area contributed by atoms with Crippen molar-refractivity contribution >= 4 is 47.3 Å². The van der Waals surface area contributed by atoms with Crippen molar-refractivity contribution in [3.8, 4) is 0 Å². The third kappa shape index (κ3) is 4.10. The Morgan fingerprint density at radius 2 is 2.54 bits per heavy atom. The summed E-state index contributed by atoms with van der Waals surface area (Å²) in [6.45, 7) is 0. The molecule has 67 valence electrons. The van der Waals surface area contributed by atoms with Crippen LogP contribution < -0.4 is 4.84 Å². The van der Waals surface area contributed by atoms with Gasteiger partial charge in [0.1, 0.15) is 6.04 Å². The zero-order valence-electron chi connectivity index (χ0n) is 7.12. The number of hydrogen-bond acceptors (Lipinski definition) is 3. The number of carbonyl (C=O) groups is 1. The number of hydrogen-bond donors (Lipinski definition) is 3. The molecule has 5 nitrogen and oxygen atoms in total. The Balaban J connectivity index is 0.00000144. The average molecular weight is 213 g/mol. The van der Waals surface area contributed by atoms with E-state index in [9.17, 15) is 4.79 Å². The summed E-state index contributed by atoms with van der Waals surface area (Å²) in [5.74, 6) is -0.986. The Hall–Kier alpha value is -0.0700. The normalized spacial score (nSPS) is 11.8. The van der Waals surface area contributed by atoms with Crippen LogP contribution in [0.1, 0.15) is 5.69 Å². The number of nitrogens with zero attached hydrogens (tertiary/aromatic N) is 1. The quantitative estimate of drug-likeness (QED) is 0.476. The molecule has 1 aromatic rings. The fourth-order valence-electron chi connectivity index (χ4n) is 0.789. The van der Waals surface area contributed by atoms with Crippen LogP contribution in [-0.4, -0.2) is 56.6 Å². The third-order valence-electron chi connectivity index (χ3n) is 1.41. The monoisotopic (exact) mass is 212 g/mol. The van der Waals surface area contributed by atoms with Crippen LogP contribution in [0, 0.1) is 0 Å². The summed E-state index contributed by atoms with van der Waals surface area (Å²) in [7, 11) is 0. The molecule has 1 aromatic heterocycles. The Kier molecular flexibility index (Phi) is 6.36. The number of carboxylic acid groups (broad SMARTS) is 1. The predicted molar refractivity (Wildman–Crippen MR) is 48.5 cm³/mol.